The van der Waals surface area contributed by atoms with Crippen LogP contribution >= 0.6 is 22.7 Å². The van der Waals surface area contributed by atoms with E-state index in [1.807, 2.05) is 30.3 Å². The van der Waals surface area contributed by atoms with E-state index in [-0.39, 0.29) is 5.78 Å². The van der Waals surface area contributed by atoms with E-state index in [0.717, 1.165) is 16.0 Å². The molecule has 0 amide bonds. The van der Waals surface area contributed by atoms with Gasteiger partial charge in [-0.3, -0.25) is 4.79 Å². The Morgan fingerprint density at radius 1 is 1.12 bits per heavy atom. The number of hydrogen-bond acceptors (Lipinski definition) is 4. The molecular formula is C20H13NOS2. The van der Waals surface area contributed by atoms with E-state index in [0.29, 0.717) is 16.7 Å². The van der Waals surface area contributed by atoms with Crippen LogP contribution in [-0.2, 0) is 0 Å². The molecule has 0 fully saturated rings. The molecule has 4 rings (SSSR count). The van der Waals surface area contributed by atoms with Crippen LogP contribution in [0.3, 0.4) is 0 Å². The monoisotopic (exact) mass is 347 g/mol. The minimum absolute atomic E-state index is 0.00290. The molecule has 0 unspecified atom stereocenters. The number of nitriles is 1. The normalized spacial score (nSPS) is 17.4. The highest BCUT2D eigenvalue weighted by molar-refractivity contribution is 7.28. The van der Waals surface area contributed by atoms with Crippen LogP contribution in [0.4, 0.5) is 0 Å². The van der Waals surface area contributed by atoms with Crippen LogP contribution < -0.4 is 0 Å². The minimum Gasteiger partial charge on any atom is -0.289 e. The molecule has 1 aliphatic rings. The van der Waals surface area contributed by atoms with Gasteiger partial charge in [-0.15, -0.1) is 22.7 Å². The van der Waals surface area contributed by atoms with E-state index in [1.165, 1.54) is 14.3 Å². The molecule has 3 aromatic rings. The predicted octanol–water partition coefficient (Wildman–Crippen LogP) is 5.85. The number of Topliss-reactive ketones (excluding diaryl/α,β-unsaturated/α-hetero) is 1. The number of thiophene rings is 2. The van der Waals surface area contributed by atoms with Gasteiger partial charge in [-0.2, -0.15) is 5.26 Å². The van der Waals surface area contributed by atoms with Crippen molar-refractivity contribution in [1.82, 2.24) is 0 Å². The molecule has 1 aromatic carbocycles. The number of fused-ring (bicyclic) bond motifs is 2. The molecule has 0 saturated carbocycles. The molecule has 1 aliphatic carbocycles. The SMILES string of the molecule is CC(C#N)=C1/C(=C/c2cc3sc(C)cc3s2)C(=O)c2ccccc21. The highest BCUT2D eigenvalue weighted by Crippen LogP contribution is 2.41. The van der Waals surface area contributed by atoms with Gasteiger partial charge in [0.05, 0.1) is 6.07 Å². The van der Waals surface area contributed by atoms with Gasteiger partial charge in [0.15, 0.2) is 5.78 Å². The van der Waals surface area contributed by atoms with E-state index in [1.54, 1.807) is 29.6 Å². The van der Waals surface area contributed by atoms with Crippen LogP contribution in [0.2, 0.25) is 0 Å². The molecule has 116 valence electrons. The zero-order valence-corrected chi connectivity index (χ0v) is 14.8. The van der Waals surface area contributed by atoms with Gasteiger partial charge >= 0.3 is 0 Å². The van der Waals surface area contributed by atoms with Crippen LogP contribution in [0.15, 0.2) is 47.5 Å². The molecule has 0 spiro atoms. The second kappa shape index (κ2) is 5.55. The Kier molecular flexibility index (Phi) is 3.49. The molecule has 24 heavy (non-hydrogen) atoms. The van der Waals surface area contributed by atoms with Crippen molar-refractivity contribution in [2.75, 3.05) is 0 Å². The fourth-order valence-corrected chi connectivity index (χ4v) is 5.36. The van der Waals surface area contributed by atoms with Crippen molar-refractivity contribution in [1.29, 1.82) is 5.26 Å². The standard InChI is InChI=1S/C20H13NOS2/c1-11(10-21)19-14-5-3-4-6-15(14)20(22)16(19)8-13-9-18-17(24-13)7-12(2)23-18/h3-9H,1-2H3/b16-8-,19-11?. The molecule has 0 atom stereocenters. The first kappa shape index (κ1) is 15.1. The largest absolute Gasteiger partial charge is 0.289 e. The lowest BCUT2D eigenvalue weighted by molar-refractivity contribution is 0.104. The Labute approximate surface area is 148 Å². The van der Waals surface area contributed by atoms with Gasteiger partial charge in [-0.1, -0.05) is 24.3 Å². The molecule has 0 bridgehead atoms. The van der Waals surface area contributed by atoms with Crippen LogP contribution in [0, 0.1) is 18.3 Å². The third-order valence-electron chi connectivity index (χ3n) is 4.13. The van der Waals surface area contributed by atoms with E-state index >= 15 is 0 Å². The predicted molar refractivity (Wildman–Crippen MR) is 101 cm³/mol. The highest BCUT2D eigenvalue weighted by atomic mass is 32.1. The summed E-state index contributed by atoms with van der Waals surface area (Å²) in [6.07, 6.45) is 1.94. The molecule has 4 heteroatoms. The zero-order chi connectivity index (χ0) is 16.8. The van der Waals surface area contributed by atoms with Crippen molar-refractivity contribution in [3.05, 3.63) is 68.4 Å². The number of carbonyl (C=O) groups excluding carboxylic acids is 1. The average Bonchev–Trinajstić information content (AvgIpc) is 3.18. The summed E-state index contributed by atoms with van der Waals surface area (Å²) in [4.78, 5) is 15.2. The molecule has 0 N–H and O–H groups in total. The summed E-state index contributed by atoms with van der Waals surface area (Å²) in [6, 6.07) is 14.0. The Balaban J connectivity index is 1.91. The Hall–Kier alpha value is -2.48. The summed E-state index contributed by atoms with van der Waals surface area (Å²) in [6.45, 7) is 3.87. The maximum absolute atomic E-state index is 12.8. The summed E-state index contributed by atoms with van der Waals surface area (Å²) in [7, 11) is 0. The quantitative estimate of drug-likeness (QED) is 0.409. The van der Waals surface area contributed by atoms with Crippen LogP contribution in [-0.4, -0.2) is 5.78 Å². The summed E-state index contributed by atoms with van der Waals surface area (Å²) >= 11 is 3.45. The van der Waals surface area contributed by atoms with Crippen molar-refractivity contribution in [2.24, 2.45) is 0 Å². The molecular weight excluding hydrogens is 334 g/mol. The molecule has 0 aliphatic heterocycles. The molecule has 0 saturated heterocycles. The third kappa shape index (κ3) is 2.25. The van der Waals surface area contributed by atoms with E-state index in [2.05, 4.69) is 25.1 Å². The number of rotatable bonds is 1. The Morgan fingerprint density at radius 3 is 2.54 bits per heavy atom. The van der Waals surface area contributed by atoms with Crippen LogP contribution in [0.5, 0.6) is 0 Å². The first-order chi connectivity index (χ1) is 11.6. The Bertz CT molecular complexity index is 1070. The van der Waals surface area contributed by atoms with Crippen molar-refractivity contribution in [2.45, 2.75) is 13.8 Å². The zero-order valence-electron chi connectivity index (χ0n) is 13.2. The van der Waals surface area contributed by atoms with Crippen LogP contribution in [0.25, 0.3) is 21.0 Å². The van der Waals surface area contributed by atoms with Gasteiger partial charge in [0.2, 0.25) is 0 Å². The maximum Gasteiger partial charge on any atom is 0.194 e. The summed E-state index contributed by atoms with van der Waals surface area (Å²) in [5.41, 5.74) is 3.52. The number of benzene rings is 1. The molecule has 2 heterocycles. The second-order valence-corrected chi connectivity index (χ2v) is 8.18. The topological polar surface area (TPSA) is 40.9 Å². The van der Waals surface area contributed by atoms with Gasteiger partial charge in [0.25, 0.3) is 0 Å². The summed E-state index contributed by atoms with van der Waals surface area (Å²) < 4.78 is 2.49. The van der Waals surface area contributed by atoms with Gasteiger partial charge < -0.3 is 0 Å². The molecule has 0 radical (unpaired) electrons. The highest BCUT2D eigenvalue weighted by Gasteiger charge is 2.31. The number of aryl methyl sites for hydroxylation is 1. The molecule has 2 aromatic heterocycles. The van der Waals surface area contributed by atoms with Crippen molar-refractivity contribution < 1.29 is 4.79 Å². The smallest absolute Gasteiger partial charge is 0.194 e. The Morgan fingerprint density at radius 2 is 1.83 bits per heavy atom. The van der Waals surface area contributed by atoms with Gasteiger partial charge in [0.1, 0.15) is 0 Å². The van der Waals surface area contributed by atoms with Crippen molar-refractivity contribution in [3.63, 3.8) is 0 Å². The number of carbonyl (C=O) groups is 1. The van der Waals surface area contributed by atoms with E-state index in [9.17, 15) is 10.1 Å². The number of allylic oxidation sites excluding steroid dienone is 3. The lowest BCUT2D eigenvalue weighted by atomic mass is 10.00. The van der Waals surface area contributed by atoms with Gasteiger partial charge in [-0.25, -0.2) is 0 Å². The maximum atomic E-state index is 12.8. The van der Waals surface area contributed by atoms with E-state index < -0.39 is 0 Å². The third-order valence-corrected chi connectivity index (χ3v) is 6.29. The van der Waals surface area contributed by atoms with Crippen molar-refractivity contribution >= 4 is 49.5 Å². The second-order valence-electron chi connectivity index (χ2n) is 5.78. The molecule has 2 nitrogen and oxygen atoms in total. The first-order valence-electron chi connectivity index (χ1n) is 7.55. The minimum atomic E-state index is 0.00290. The fraction of sp³-hybridized carbons (Fsp3) is 0.100. The fourth-order valence-electron chi connectivity index (χ4n) is 3.09. The van der Waals surface area contributed by atoms with Crippen LogP contribution in [0.1, 0.15) is 32.6 Å². The summed E-state index contributed by atoms with van der Waals surface area (Å²) in [5, 5.41) is 9.36. The number of hydrogen-bond donors (Lipinski definition) is 0. The summed E-state index contributed by atoms with van der Waals surface area (Å²) in [5.74, 6) is 0.00290. The van der Waals surface area contributed by atoms with Gasteiger partial charge in [0, 0.05) is 41.4 Å². The average molecular weight is 347 g/mol. The van der Waals surface area contributed by atoms with Crippen molar-refractivity contribution in [3.8, 4) is 6.07 Å². The first-order valence-corrected chi connectivity index (χ1v) is 9.19. The lowest BCUT2D eigenvalue weighted by Crippen LogP contribution is -1.95. The van der Waals surface area contributed by atoms with E-state index in [4.69, 9.17) is 0 Å². The lowest BCUT2D eigenvalue weighted by Gasteiger charge is -2.02. The van der Waals surface area contributed by atoms with Gasteiger partial charge in [-0.05, 0) is 37.6 Å². The number of nitrogens with zero attached hydrogens (tertiary/aromatic N) is 1. The number of ketones is 1.